The van der Waals surface area contributed by atoms with Crippen molar-refractivity contribution in [2.45, 2.75) is 17.7 Å². The summed E-state index contributed by atoms with van der Waals surface area (Å²) in [5.41, 5.74) is 0.397. The Morgan fingerprint density at radius 2 is 1.76 bits per heavy atom. The minimum Gasteiger partial charge on any atom is -0.492 e. The Balaban J connectivity index is 1.27. The fraction of sp³-hybridized carbons (Fsp3) is 0.350. The van der Waals surface area contributed by atoms with Crippen LogP contribution < -0.4 is 19.5 Å². The summed E-state index contributed by atoms with van der Waals surface area (Å²) < 4.78 is 42.7. The first-order valence-electron chi connectivity index (χ1n) is 9.45. The number of ether oxygens (including phenoxy) is 3. The highest BCUT2D eigenvalue weighted by atomic mass is 32.2. The Hall–Kier alpha value is -2.78. The molecule has 2 aromatic carbocycles. The van der Waals surface area contributed by atoms with E-state index in [0.29, 0.717) is 42.4 Å². The minimum absolute atomic E-state index is 0.201. The summed E-state index contributed by atoms with van der Waals surface area (Å²) in [6.07, 6.45) is 1.77. The normalized spacial score (nSPS) is 16.0. The number of fused-ring (bicyclic) bond motifs is 1. The Morgan fingerprint density at radius 3 is 2.52 bits per heavy atom. The zero-order valence-corrected chi connectivity index (χ0v) is 16.6. The number of rotatable bonds is 7. The van der Waals surface area contributed by atoms with Crippen LogP contribution in [-0.4, -0.2) is 51.7 Å². The van der Waals surface area contributed by atoms with E-state index in [1.54, 1.807) is 18.2 Å². The SMILES string of the molecule is O=C(NCCOc1ccc2c(c1)OCO2)c1ccc(S(=O)(=O)N2CCCC2)cc1. The van der Waals surface area contributed by atoms with Crippen LogP contribution in [0, 0.1) is 0 Å². The van der Waals surface area contributed by atoms with Gasteiger partial charge in [0.2, 0.25) is 16.8 Å². The van der Waals surface area contributed by atoms with Gasteiger partial charge in [0.25, 0.3) is 5.91 Å². The highest BCUT2D eigenvalue weighted by molar-refractivity contribution is 7.89. The van der Waals surface area contributed by atoms with Crippen molar-refractivity contribution in [3.8, 4) is 17.2 Å². The Bertz CT molecular complexity index is 985. The molecule has 0 unspecified atom stereocenters. The van der Waals surface area contributed by atoms with Crippen molar-refractivity contribution in [3.05, 3.63) is 48.0 Å². The van der Waals surface area contributed by atoms with E-state index in [9.17, 15) is 13.2 Å². The van der Waals surface area contributed by atoms with Gasteiger partial charge < -0.3 is 19.5 Å². The second-order valence-corrected chi connectivity index (χ2v) is 8.69. The summed E-state index contributed by atoms with van der Waals surface area (Å²) in [6.45, 7) is 1.89. The molecule has 9 heteroatoms. The van der Waals surface area contributed by atoms with Gasteiger partial charge in [0.15, 0.2) is 11.5 Å². The van der Waals surface area contributed by atoms with E-state index in [-0.39, 0.29) is 24.2 Å². The van der Waals surface area contributed by atoms with Gasteiger partial charge in [-0.1, -0.05) is 0 Å². The molecule has 0 aliphatic carbocycles. The third-order valence-electron chi connectivity index (χ3n) is 4.82. The molecule has 0 aromatic heterocycles. The van der Waals surface area contributed by atoms with E-state index in [4.69, 9.17) is 14.2 Å². The molecule has 0 saturated carbocycles. The van der Waals surface area contributed by atoms with E-state index in [1.807, 2.05) is 0 Å². The second-order valence-electron chi connectivity index (χ2n) is 6.75. The van der Waals surface area contributed by atoms with E-state index >= 15 is 0 Å². The predicted octanol–water partition coefficient (Wildman–Crippen LogP) is 2.01. The van der Waals surface area contributed by atoms with Crippen LogP contribution in [0.25, 0.3) is 0 Å². The Labute approximate surface area is 169 Å². The third-order valence-corrected chi connectivity index (χ3v) is 6.73. The van der Waals surface area contributed by atoms with Crippen molar-refractivity contribution in [1.82, 2.24) is 9.62 Å². The maximum absolute atomic E-state index is 12.5. The van der Waals surface area contributed by atoms with Gasteiger partial charge in [-0.05, 0) is 49.2 Å². The van der Waals surface area contributed by atoms with E-state index in [0.717, 1.165) is 12.8 Å². The number of carbonyl (C=O) groups is 1. The van der Waals surface area contributed by atoms with Crippen LogP contribution in [0.5, 0.6) is 17.2 Å². The van der Waals surface area contributed by atoms with Crippen molar-refractivity contribution in [3.63, 3.8) is 0 Å². The van der Waals surface area contributed by atoms with Crippen molar-refractivity contribution in [2.24, 2.45) is 0 Å². The average Bonchev–Trinajstić information content (AvgIpc) is 3.43. The van der Waals surface area contributed by atoms with Crippen molar-refractivity contribution < 1.29 is 27.4 Å². The smallest absolute Gasteiger partial charge is 0.251 e. The van der Waals surface area contributed by atoms with Crippen LogP contribution >= 0.6 is 0 Å². The fourth-order valence-corrected chi connectivity index (χ4v) is 4.78. The number of nitrogens with zero attached hydrogens (tertiary/aromatic N) is 1. The van der Waals surface area contributed by atoms with Crippen LogP contribution in [-0.2, 0) is 10.0 Å². The summed E-state index contributed by atoms with van der Waals surface area (Å²) in [4.78, 5) is 12.5. The quantitative estimate of drug-likeness (QED) is 0.692. The van der Waals surface area contributed by atoms with Crippen molar-refractivity contribution in [1.29, 1.82) is 0 Å². The van der Waals surface area contributed by atoms with Gasteiger partial charge in [-0.25, -0.2) is 8.42 Å². The third kappa shape index (κ3) is 4.30. The lowest BCUT2D eigenvalue weighted by atomic mass is 10.2. The molecular formula is C20H22N2O6S. The zero-order chi connectivity index (χ0) is 20.3. The summed E-state index contributed by atoms with van der Waals surface area (Å²) >= 11 is 0. The molecular weight excluding hydrogens is 396 g/mol. The van der Waals surface area contributed by atoms with Gasteiger partial charge in [0.1, 0.15) is 12.4 Å². The largest absolute Gasteiger partial charge is 0.492 e. The number of nitrogens with one attached hydrogen (secondary N) is 1. The molecule has 4 rings (SSSR count). The van der Waals surface area contributed by atoms with Crippen LogP contribution in [0.1, 0.15) is 23.2 Å². The molecule has 8 nitrogen and oxygen atoms in total. The molecule has 1 fully saturated rings. The molecule has 2 aliphatic rings. The van der Waals surface area contributed by atoms with Crippen molar-refractivity contribution >= 4 is 15.9 Å². The van der Waals surface area contributed by atoms with Gasteiger partial charge in [0.05, 0.1) is 11.4 Å². The molecule has 29 heavy (non-hydrogen) atoms. The van der Waals surface area contributed by atoms with Gasteiger partial charge in [-0.3, -0.25) is 4.79 Å². The molecule has 0 radical (unpaired) electrons. The van der Waals surface area contributed by atoms with Gasteiger partial charge in [-0.2, -0.15) is 4.31 Å². The topological polar surface area (TPSA) is 94.2 Å². The van der Waals surface area contributed by atoms with Crippen LogP contribution in [0.3, 0.4) is 0 Å². The fourth-order valence-electron chi connectivity index (χ4n) is 3.26. The Morgan fingerprint density at radius 1 is 1.03 bits per heavy atom. The van der Waals surface area contributed by atoms with Crippen molar-refractivity contribution in [2.75, 3.05) is 33.0 Å². The molecule has 1 N–H and O–H groups in total. The minimum atomic E-state index is -3.47. The van der Waals surface area contributed by atoms with E-state index in [1.165, 1.54) is 28.6 Å². The van der Waals surface area contributed by atoms with E-state index in [2.05, 4.69) is 5.32 Å². The molecule has 1 amide bonds. The lowest BCUT2D eigenvalue weighted by Crippen LogP contribution is -2.29. The standard InChI is InChI=1S/C20H22N2O6S/c23-20(21-9-12-26-16-5-8-18-19(13-16)28-14-27-18)15-3-6-17(7-4-15)29(24,25)22-10-1-2-11-22/h3-8,13H,1-2,9-12,14H2,(H,21,23). The molecule has 0 spiro atoms. The summed E-state index contributed by atoms with van der Waals surface area (Å²) in [7, 11) is -3.47. The summed E-state index contributed by atoms with van der Waals surface area (Å²) in [5.74, 6) is 1.65. The van der Waals surface area contributed by atoms with Gasteiger partial charge >= 0.3 is 0 Å². The number of hydrogen-bond donors (Lipinski definition) is 1. The number of carbonyl (C=O) groups excluding carboxylic acids is 1. The molecule has 0 bridgehead atoms. The number of hydrogen-bond acceptors (Lipinski definition) is 6. The number of benzene rings is 2. The molecule has 2 aromatic rings. The molecule has 154 valence electrons. The lowest BCUT2D eigenvalue weighted by molar-refractivity contribution is 0.0947. The zero-order valence-electron chi connectivity index (χ0n) is 15.8. The maximum atomic E-state index is 12.5. The first-order valence-corrected chi connectivity index (χ1v) is 10.9. The lowest BCUT2D eigenvalue weighted by Gasteiger charge is -2.15. The highest BCUT2D eigenvalue weighted by Gasteiger charge is 2.27. The molecule has 2 heterocycles. The maximum Gasteiger partial charge on any atom is 0.251 e. The highest BCUT2D eigenvalue weighted by Crippen LogP contribution is 2.35. The first-order chi connectivity index (χ1) is 14.0. The predicted molar refractivity (Wildman–Crippen MR) is 105 cm³/mol. The Kier molecular flexibility index (Phi) is 5.59. The van der Waals surface area contributed by atoms with E-state index < -0.39 is 10.0 Å². The van der Waals surface area contributed by atoms with Gasteiger partial charge in [-0.15, -0.1) is 0 Å². The number of amides is 1. The van der Waals surface area contributed by atoms with Crippen LogP contribution in [0.15, 0.2) is 47.4 Å². The summed E-state index contributed by atoms with van der Waals surface area (Å²) in [5, 5.41) is 2.76. The molecule has 0 atom stereocenters. The molecule has 1 saturated heterocycles. The molecule has 2 aliphatic heterocycles. The first kappa shape index (κ1) is 19.5. The average molecular weight is 418 g/mol. The van der Waals surface area contributed by atoms with Crippen LogP contribution in [0.4, 0.5) is 0 Å². The van der Waals surface area contributed by atoms with Gasteiger partial charge in [0, 0.05) is 24.7 Å². The number of sulfonamides is 1. The monoisotopic (exact) mass is 418 g/mol. The summed E-state index contributed by atoms with van der Waals surface area (Å²) in [6, 6.07) is 11.3. The second kappa shape index (κ2) is 8.30. The van der Waals surface area contributed by atoms with Crippen LogP contribution in [0.2, 0.25) is 0 Å².